The molecule has 0 bridgehead atoms. The predicted octanol–water partition coefficient (Wildman–Crippen LogP) is 12.7. The number of hydrogen-bond donors (Lipinski definition) is 0. The van der Waals surface area contributed by atoms with E-state index in [0.717, 1.165) is 38.5 Å². The van der Waals surface area contributed by atoms with Gasteiger partial charge in [0.25, 0.3) is 0 Å². The molecule has 50 heavy (non-hydrogen) atoms. The fraction of sp³-hybridized carbons (Fsp3) is 0. The van der Waals surface area contributed by atoms with Crippen molar-refractivity contribution in [1.29, 1.82) is 0 Å². The fourth-order valence-corrected chi connectivity index (χ4v) is 9.03. The van der Waals surface area contributed by atoms with E-state index in [9.17, 15) is 0 Å². The average Bonchev–Trinajstić information content (AvgIpc) is 3.75. The van der Waals surface area contributed by atoms with Crippen molar-refractivity contribution >= 4 is 85.8 Å². The monoisotopic (exact) mass is 653 g/mol. The molecule has 3 heterocycles. The average molecular weight is 654 g/mol. The predicted molar refractivity (Wildman–Crippen MR) is 213 cm³/mol. The molecule has 0 atom stereocenters. The molecule has 0 saturated heterocycles. The van der Waals surface area contributed by atoms with E-state index in [1.54, 1.807) is 11.3 Å². The first-order valence-corrected chi connectivity index (χ1v) is 17.7. The lowest BCUT2D eigenvalue weighted by Crippen LogP contribution is -2.01. The largest absolute Gasteiger partial charge is 0.292 e. The Kier molecular flexibility index (Phi) is 5.83. The molecule has 0 aliphatic rings. The molecule has 0 unspecified atom stereocenters. The minimum absolute atomic E-state index is 0.719. The third-order valence-corrected chi connectivity index (χ3v) is 11.3. The van der Waals surface area contributed by atoms with Crippen molar-refractivity contribution in [3.05, 3.63) is 164 Å². The van der Waals surface area contributed by atoms with Crippen LogP contribution in [0.25, 0.3) is 103 Å². The van der Waals surface area contributed by atoms with Crippen LogP contribution in [0.5, 0.6) is 0 Å². The lowest BCUT2D eigenvalue weighted by atomic mass is 10.00. The summed E-state index contributed by atoms with van der Waals surface area (Å²) >= 11 is 1.78. The summed E-state index contributed by atoms with van der Waals surface area (Å²) in [5.41, 5.74) is 6.63. The molecule has 0 N–H and O–H groups in total. The molecule has 0 aliphatic carbocycles. The van der Waals surface area contributed by atoms with Crippen LogP contribution >= 0.6 is 11.3 Å². The SMILES string of the molecule is c1ccc(-c2ccc(-c3nc(-n4c5ccc6ccccc6c5c5c6ccccc6ccc54)c4sc5ccc6ccccc6c5c4n3)cc2)cc1. The van der Waals surface area contributed by atoms with Gasteiger partial charge in [0.2, 0.25) is 0 Å². The smallest absolute Gasteiger partial charge is 0.162 e. The Balaban J connectivity index is 1.29. The highest BCUT2D eigenvalue weighted by atomic mass is 32.1. The van der Waals surface area contributed by atoms with E-state index in [4.69, 9.17) is 9.97 Å². The van der Waals surface area contributed by atoms with Crippen LogP contribution in [0, 0.1) is 0 Å². The van der Waals surface area contributed by atoms with Gasteiger partial charge in [0, 0.05) is 26.4 Å². The molecule has 11 rings (SSSR count). The van der Waals surface area contributed by atoms with Gasteiger partial charge >= 0.3 is 0 Å². The third-order valence-electron chi connectivity index (χ3n) is 10.2. The van der Waals surface area contributed by atoms with Crippen LogP contribution in [-0.2, 0) is 0 Å². The number of rotatable bonds is 3. The molecule has 4 heteroatoms. The fourth-order valence-electron chi connectivity index (χ4n) is 7.89. The molecule has 3 aromatic heterocycles. The maximum absolute atomic E-state index is 5.51. The first kappa shape index (κ1) is 27.6. The number of aromatic nitrogens is 3. The minimum atomic E-state index is 0.719. The van der Waals surface area contributed by atoms with E-state index < -0.39 is 0 Å². The van der Waals surface area contributed by atoms with Crippen LogP contribution in [-0.4, -0.2) is 14.5 Å². The van der Waals surface area contributed by atoms with Crippen molar-refractivity contribution in [3.63, 3.8) is 0 Å². The molecule has 3 nitrogen and oxygen atoms in total. The Bertz CT molecular complexity index is 3040. The molecule has 0 saturated carbocycles. The van der Waals surface area contributed by atoms with Crippen molar-refractivity contribution in [1.82, 2.24) is 14.5 Å². The Morgan fingerprint density at radius 1 is 0.400 bits per heavy atom. The maximum Gasteiger partial charge on any atom is 0.162 e. The quantitative estimate of drug-likeness (QED) is 0.190. The molecule has 0 radical (unpaired) electrons. The van der Waals surface area contributed by atoms with Gasteiger partial charge in [-0.15, -0.1) is 11.3 Å². The van der Waals surface area contributed by atoms with Gasteiger partial charge in [-0.1, -0.05) is 146 Å². The zero-order valence-corrected chi connectivity index (χ0v) is 27.7. The number of thiophene rings is 1. The summed E-state index contributed by atoms with van der Waals surface area (Å²) in [4.78, 5) is 10.9. The van der Waals surface area contributed by atoms with Crippen molar-refractivity contribution < 1.29 is 0 Å². The highest BCUT2D eigenvalue weighted by Gasteiger charge is 2.23. The Labute approximate surface area is 291 Å². The molecular weight excluding hydrogens is 627 g/mol. The Morgan fingerprint density at radius 3 is 1.52 bits per heavy atom. The molecule has 0 fully saturated rings. The topological polar surface area (TPSA) is 30.7 Å². The molecule has 0 aliphatic heterocycles. The standard InChI is InChI=1S/C46H27N3S/c1-2-10-28(11-3-1)29-18-20-33(21-19-29)45-47-43-42-36-17-9-6-14-32(36)24-27-39(42)50-44(43)46(48-45)49-37-25-22-30-12-4-7-15-34(30)40(37)41-35-16-8-5-13-31(35)23-26-38(41)49/h1-27H. The normalized spacial score (nSPS) is 12.0. The number of benzene rings is 8. The number of nitrogens with zero attached hydrogens (tertiary/aromatic N) is 3. The van der Waals surface area contributed by atoms with Gasteiger partial charge in [0.05, 0.1) is 21.3 Å². The maximum atomic E-state index is 5.51. The van der Waals surface area contributed by atoms with Crippen LogP contribution in [0.2, 0.25) is 0 Å². The van der Waals surface area contributed by atoms with E-state index >= 15 is 0 Å². The number of fused-ring (bicyclic) bond motifs is 12. The van der Waals surface area contributed by atoms with Gasteiger partial charge in [0.1, 0.15) is 0 Å². The highest BCUT2D eigenvalue weighted by Crippen LogP contribution is 2.45. The van der Waals surface area contributed by atoms with Crippen LogP contribution in [0.1, 0.15) is 0 Å². The first-order valence-electron chi connectivity index (χ1n) is 16.9. The van der Waals surface area contributed by atoms with Crippen LogP contribution in [0.4, 0.5) is 0 Å². The lowest BCUT2D eigenvalue weighted by molar-refractivity contribution is 1.08. The molecule has 11 aromatic rings. The van der Waals surface area contributed by atoms with Gasteiger partial charge in [-0.25, -0.2) is 9.97 Å². The minimum Gasteiger partial charge on any atom is -0.292 e. The second-order valence-corrected chi connectivity index (χ2v) is 14.0. The molecular formula is C46H27N3S. The van der Waals surface area contributed by atoms with Gasteiger partial charge in [-0.2, -0.15) is 0 Å². The van der Waals surface area contributed by atoms with Gasteiger partial charge in [0.15, 0.2) is 11.6 Å². The molecule has 8 aromatic carbocycles. The third kappa shape index (κ3) is 3.97. The van der Waals surface area contributed by atoms with E-state index in [2.05, 4.69) is 168 Å². The Hall–Kier alpha value is -6.36. The van der Waals surface area contributed by atoms with Crippen molar-refractivity contribution in [2.45, 2.75) is 0 Å². The van der Waals surface area contributed by atoms with Crippen LogP contribution in [0.3, 0.4) is 0 Å². The van der Waals surface area contributed by atoms with E-state index in [1.165, 1.54) is 64.3 Å². The highest BCUT2D eigenvalue weighted by molar-refractivity contribution is 7.26. The van der Waals surface area contributed by atoms with Gasteiger partial charge < -0.3 is 0 Å². The summed E-state index contributed by atoms with van der Waals surface area (Å²) in [5.74, 6) is 1.63. The first-order chi connectivity index (χ1) is 24.8. The molecule has 0 amide bonds. The lowest BCUT2D eigenvalue weighted by Gasteiger charge is -2.12. The van der Waals surface area contributed by atoms with Gasteiger partial charge in [-0.3, -0.25) is 4.57 Å². The van der Waals surface area contributed by atoms with Crippen LogP contribution < -0.4 is 0 Å². The van der Waals surface area contributed by atoms with Crippen LogP contribution in [0.15, 0.2) is 164 Å². The van der Waals surface area contributed by atoms with Crippen molar-refractivity contribution in [2.75, 3.05) is 0 Å². The van der Waals surface area contributed by atoms with E-state index in [0.29, 0.717) is 0 Å². The Morgan fingerprint density at radius 2 is 0.900 bits per heavy atom. The second kappa shape index (κ2) is 10.6. The summed E-state index contributed by atoms with van der Waals surface area (Å²) in [5, 5.41) is 11.1. The van der Waals surface area contributed by atoms with Crippen molar-refractivity contribution in [2.24, 2.45) is 0 Å². The van der Waals surface area contributed by atoms with Gasteiger partial charge in [-0.05, 0) is 61.6 Å². The van der Waals surface area contributed by atoms with E-state index in [-0.39, 0.29) is 0 Å². The second-order valence-electron chi connectivity index (χ2n) is 13.0. The van der Waals surface area contributed by atoms with Crippen molar-refractivity contribution in [3.8, 4) is 28.3 Å². The van der Waals surface area contributed by atoms with E-state index in [1.807, 2.05) is 0 Å². The molecule has 232 valence electrons. The summed E-state index contributed by atoms with van der Waals surface area (Å²) in [6, 6.07) is 58.8. The summed E-state index contributed by atoms with van der Waals surface area (Å²) in [6.45, 7) is 0. The number of hydrogen-bond acceptors (Lipinski definition) is 3. The summed E-state index contributed by atoms with van der Waals surface area (Å²) in [6.07, 6.45) is 0. The zero-order chi connectivity index (χ0) is 32.8. The summed E-state index contributed by atoms with van der Waals surface area (Å²) < 4.78 is 4.69. The summed E-state index contributed by atoms with van der Waals surface area (Å²) in [7, 11) is 0. The zero-order valence-electron chi connectivity index (χ0n) is 26.8. The molecule has 0 spiro atoms.